The SMILES string of the molecule is CC1=CN(c2nc3ccccc3cc2C)C(OCc2cc(-n3cc(C)ccc3=O)nc3ccccc23)C=C1. The molecule has 2 aromatic carbocycles. The van der Waals surface area contributed by atoms with Crippen molar-refractivity contribution in [1.82, 2.24) is 14.5 Å². The van der Waals surface area contributed by atoms with Crippen molar-refractivity contribution in [2.45, 2.75) is 33.6 Å². The summed E-state index contributed by atoms with van der Waals surface area (Å²) >= 11 is 0. The molecule has 4 heterocycles. The molecule has 0 saturated heterocycles. The summed E-state index contributed by atoms with van der Waals surface area (Å²) in [7, 11) is 0. The summed E-state index contributed by atoms with van der Waals surface area (Å²) in [4.78, 5) is 24.5. The zero-order valence-electron chi connectivity index (χ0n) is 21.6. The average Bonchev–Trinajstić information content (AvgIpc) is 2.93. The minimum Gasteiger partial charge on any atom is -0.350 e. The molecule has 0 N–H and O–H groups in total. The van der Waals surface area contributed by atoms with Crippen molar-refractivity contribution in [3.8, 4) is 5.82 Å². The summed E-state index contributed by atoms with van der Waals surface area (Å²) < 4.78 is 8.13. The Morgan fingerprint density at radius 2 is 1.68 bits per heavy atom. The zero-order chi connectivity index (χ0) is 26.2. The smallest absolute Gasteiger partial charge is 0.256 e. The number of hydrogen-bond donors (Lipinski definition) is 0. The molecule has 0 spiro atoms. The predicted octanol–water partition coefficient (Wildman–Crippen LogP) is 6.37. The first-order valence-corrected chi connectivity index (χ1v) is 12.7. The second-order valence-corrected chi connectivity index (χ2v) is 9.73. The summed E-state index contributed by atoms with van der Waals surface area (Å²) in [5.41, 5.74) is 5.78. The Labute approximate surface area is 221 Å². The quantitative estimate of drug-likeness (QED) is 0.281. The monoisotopic (exact) mass is 500 g/mol. The van der Waals surface area contributed by atoms with Crippen LogP contribution in [-0.2, 0) is 11.3 Å². The number of nitrogens with zero attached hydrogens (tertiary/aromatic N) is 4. The van der Waals surface area contributed by atoms with E-state index in [-0.39, 0.29) is 11.8 Å². The van der Waals surface area contributed by atoms with Crippen LogP contribution in [0.25, 0.3) is 27.6 Å². The Kier molecular flexibility index (Phi) is 6.10. The number of anilines is 1. The largest absolute Gasteiger partial charge is 0.350 e. The lowest BCUT2D eigenvalue weighted by Gasteiger charge is -2.32. The number of fused-ring (bicyclic) bond motifs is 2. The highest BCUT2D eigenvalue weighted by Gasteiger charge is 2.22. The summed E-state index contributed by atoms with van der Waals surface area (Å²) in [5, 5.41) is 2.11. The number of benzene rings is 2. The fourth-order valence-corrected chi connectivity index (χ4v) is 4.88. The molecule has 188 valence electrons. The summed E-state index contributed by atoms with van der Waals surface area (Å²) in [6.45, 7) is 6.44. The van der Waals surface area contributed by atoms with E-state index in [4.69, 9.17) is 14.7 Å². The number of hydrogen-bond acceptors (Lipinski definition) is 5. The predicted molar refractivity (Wildman–Crippen MR) is 153 cm³/mol. The van der Waals surface area contributed by atoms with Gasteiger partial charge >= 0.3 is 0 Å². The third kappa shape index (κ3) is 4.51. The van der Waals surface area contributed by atoms with Crippen LogP contribution in [0.5, 0.6) is 0 Å². The third-order valence-electron chi connectivity index (χ3n) is 6.78. The Bertz CT molecular complexity index is 1800. The van der Waals surface area contributed by atoms with E-state index in [1.165, 1.54) is 0 Å². The van der Waals surface area contributed by atoms with Gasteiger partial charge in [0.15, 0.2) is 6.23 Å². The van der Waals surface area contributed by atoms with Crippen molar-refractivity contribution in [2.24, 2.45) is 0 Å². The highest BCUT2D eigenvalue weighted by Crippen LogP contribution is 2.29. The summed E-state index contributed by atoms with van der Waals surface area (Å²) in [6.07, 6.45) is 7.68. The molecule has 1 atom stereocenters. The van der Waals surface area contributed by atoms with E-state index in [1.54, 1.807) is 10.6 Å². The highest BCUT2D eigenvalue weighted by atomic mass is 16.5. The minimum atomic E-state index is -0.344. The molecule has 3 aromatic heterocycles. The maximum Gasteiger partial charge on any atom is 0.256 e. The second-order valence-electron chi connectivity index (χ2n) is 9.73. The van der Waals surface area contributed by atoms with E-state index in [9.17, 15) is 4.79 Å². The van der Waals surface area contributed by atoms with Gasteiger partial charge in [0.2, 0.25) is 0 Å². The molecule has 38 heavy (non-hydrogen) atoms. The van der Waals surface area contributed by atoms with Crippen LogP contribution in [0.3, 0.4) is 0 Å². The maximum absolute atomic E-state index is 12.6. The fraction of sp³-hybridized carbons (Fsp3) is 0.156. The van der Waals surface area contributed by atoms with Crippen LogP contribution in [0.15, 0.2) is 108 Å². The zero-order valence-corrected chi connectivity index (χ0v) is 21.6. The lowest BCUT2D eigenvalue weighted by Crippen LogP contribution is -2.34. The molecular formula is C32H28N4O2. The minimum absolute atomic E-state index is 0.120. The van der Waals surface area contributed by atoms with E-state index in [2.05, 4.69) is 49.2 Å². The van der Waals surface area contributed by atoms with Crippen LogP contribution < -0.4 is 10.5 Å². The van der Waals surface area contributed by atoms with Crippen molar-refractivity contribution < 1.29 is 4.74 Å². The highest BCUT2D eigenvalue weighted by molar-refractivity contribution is 5.83. The molecule has 6 rings (SSSR count). The van der Waals surface area contributed by atoms with Gasteiger partial charge in [-0.1, -0.05) is 48.5 Å². The van der Waals surface area contributed by atoms with E-state index >= 15 is 0 Å². The summed E-state index contributed by atoms with van der Waals surface area (Å²) in [5.74, 6) is 1.44. The van der Waals surface area contributed by atoms with E-state index in [0.29, 0.717) is 12.4 Å². The molecule has 0 aliphatic carbocycles. The standard InChI is InChI=1S/C32H28N4O2/c1-21-12-14-30(37)35(18-21)29-17-25(26-9-5-7-11-28(26)33-29)20-38-31-15-13-22(2)19-36(31)32-23(3)16-24-8-4-6-10-27(24)34-32/h4-19,31H,20H2,1-3H3. The van der Waals surface area contributed by atoms with Gasteiger partial charge in [0.05, 0.1) is 17.6 Å². The molecule has 0 radical (unpaired) electrons. The first kappa shape index (κ1) is 23.8. The molecule has 0 bridgehead atoms. The molecule has 1 aliphatic rings. The number of pyridine rings is 3. The first-order valence-electron chi connectivity index (χ1n) is 12.7. The fourth-order valence-electron chi connectivity index (χ4n) is 4.88. The van der Waals surface area contributed by atoms with E-state index in [1.807, 2.05) is 67.7 Å². The van der Waals surface area contributed by atoms with Crippen molar-refractivity contribution >= 4 is 27.6 Å². The van der Waals surface area contributed by atoms with Gasteiger partial charge in [-0.3, -0.25) is 9.36 Å². The van der Waals surface area contributed by atoms with Gasteiger partial charge in [0, 0.05) is 29.2 Å². The number of para-hydroxylation sites is 2. The van der Waals surface area contributed by atoms with Crippen molar-refractivity contribution in [1.29, 1.82) is 0 Å². The van der Waals surface area contributed by atoms with Gasteiger partial charge in [-0.05, 0) is 73.4 Å². The molecule has 0 saturated carbocycles. The van der Waals surface area contributed by atoms with Gasteiger partial charge in [0.1, 0.15) is 11.6 Å². The number of aromatic nitrogens is 3. The van der Waals surface area contributed by atoms with E-state index in [0.717, 1.165) is 49.9 Å². The Hall–Kier alpha value is -4.55. The van der Waals surface area contributed by atoms with Crippen LogP contribution in [0.1, 0.15) is 23.6 Å². The molecule has 1 unspecified atom stereocenters. The molecule has 6 heteroatoms. The van der Waals surface area contributed by atoms with Crippen LogP contribution >= 0.6 is 0 Å². The van der Waals surface area contributed by atoms with Gasteiger partial charge < -0.3 is 9.64 Å². The lowest BCUT2D eigenvalue weighted by molar-refractivity contribution is 0.0746. The molecule has 5 aromatic rings. The van der Waals surface area contributed by atoms with Gasteiger partial charge in [-0.15, -0.1) is 0 Å². The van der Waals surface area contributed by atoms with Crippen LogP contribution in [0.2, 0.25) is 0 Å². The van der Waals surface area contributed by atoms with E-state index < -0.39 is 0 Å². The molecular weight excluding hydrogens is 472 g/mol. The van der Waals surface area contributed by atoms with Crippen LogP contribution in [-0.4, -0.2) is 20.8 Å². The third-order valence-corrected chi connectivity index (χ3v) is 6.78. The number of rotatable bonds is 5. The maximum atomic E-state index is 12.6. The molecule has 0 fully saturated rings. The van der Waals surface area contributed by atoms with Gasteiger partial charge in [-0.25, -0.2) is 9.97 Å². The normalized spacial score (nSPS) is 15.3. The topological polar surface area (TPSA) is 60.2 Å². The summed E-state index contributed by atoms with van der Waals surface area (Å²) in [6, 6.07) is 23.6. The van der Waals surface area contributed by atoms with Crippen LogP contribution in [0.4, 0.5) is 5.82 Å². The number of ether oxygens (including phenoxy) is 1. The Morgan fingerprint density at radius 3 is 2.55 bits per heavy atom. The van der Waals surface area contributed by atoms with Gasteiger partial charge in [-0.2, -0.15) is 0 Å². The first-order chi connectivity index (χ1) is 18.5. The van der Waals surface area contributed by atoms with Crippen LogP contribution in [0, 0.1) is 13.8 Å². The average molecular weight is 501 g/mol. The van der Waals surface area contributed by atoms with Crippen molar-refractivity contribution in [3.05, 3.63) is 130 Å². The Morgan fingerprint density at radius 1 is 0.895 bits per heavy atom. The van der Waals surface area contributed by atoms with Crippen molar-refractivity contribution in [3.63, 3.8) is 0 Å². The molecule has 0 amide bonds. The number of allylic oxidation sites excluding steroid dienone is 2. The number of aryl methyl sites for hydroxylation is 2. The second kappa shape index (κ2) is 9.72. The van der Waals surface area contributed by atoms with Gasteiger partial charge in [0.25, 0.3) is 5.56 Å². The lowest BCUT2D eigenvalue weighted by atomic mass is 10.1. The molecule has 6 nitrogen and oxygen atoms in total. The van der Waals surface area contributed by atoms with Crippen molar-refractivity contribution in [2.75, 3.05) is 4.90 Å². The molecule has 1 aliphatic heterocycles. The Balaban J connectivity index is 1.37.